The zero-order valence-corrected chi connectivity index (χ0v) is 25.7. The minimum Gasteiger partial charge on any atom is -0.534 e. The molecule has 4 aromatic rings. The molecule has 214 valence electrons. The molecule has 2 amide bonds. The van der Waals surface area contributed by atoms with E-state index in [2.05, 4.69) is 74.6 Å². The summed E-state index contributed by atoms with van der Waals surface area (Å²) in [5.74, 6) is 0.113. The monoisotopic (exact) mass is 568 g/mol. The van der Waals surface area contributed by atoms with Crippen LogP contribution in [-0.2, 0) is 16.0 Å². The Morgan fingerprint density at radius 3 is 1.90 bits per heavy atom. The van der Waals surface area contributed by atoms with Crippen molar-refractivity contribution in [3.63, 3.8) is 0 Å². The van der Waals surface area contributed by atoms with E-state index in [0.29, 0.717) is 0 Å². The van der Waals surface area contributed by atoms with Gasteiger partial charge in [0.15, 0.2) is 0 Å². The minimum atomic E-state index is -2.84. The lowest BCUT2D eigenvalue weighted by Gasteiger charge is -2.43. The fourth-order valence-corrected chi connectivity index (χ4v) is 9.69. The number of ether oxygens (including phenoxy) is 1. The van der Waals surface area contributed by atoms with Crippen LogP contribution < -0.4 is 25.8 Å². The molecule has 0 radical (unpaired) electrons. The highest BCUT2D eigenvalue weighted by molar-refractivity contribution is 7.00. The molecule has 41 heavy (non-hydrogen) atoms. The third kappa shape index (κ3) is 6.80. The van der Waals surface area contributed by atoms with E-state index in [1.54, 1.807) is 20.8 Å². The number of alkyl carbamates (subject to hydrolysis) is 1. The molecule has 0 spiro atoms. The minimum absolute atomic E-state index is 0.196. The Labute approximate surface area is 244 Å². The number of amides is 2. The van der Waals surface area contributed by atoms with Crippen molar-refractivity contribution in [2.45, 2.75) is 64.6 Å². The smallest absolute Gasteiger partial charge is 0.408 e. The molecule has 0 aliphatic carbocycles. The van der Waals surface area contributed by atoms with E-state index >= 15 is 0 Å². The first-order valence-electron chi connectivity index (χ1n) is 13.9. The van der Waals surface area contributed by atoms with E-state index in [1.807, 2.05) is 48.5 Å². The molecule has 3 N–H and O–H groups in total. The highest BCUT2D eigenvalue weighted by Crippen LogP contribution is 2.38. The molecule has 0 bridgehead atoms. The molecule has 0 fully saturated rings. The molecule has 0 aliphatic rings. The van der Waals surface area contributed by atoms with Gasteiger partial charge in [-0.05, 0) is 64.7 Å². The molecule has 0 aromatic heterocycles. The molecule has 6 nitrogen and oxygen atoms in total. The highest BCUT2D eigenvalue weighted by Gasteiger charge is 2.52. The van der Waals surface area contributed by atoms with Crippen molar-refractivity contribution in [1.29, 1.82) is 0 Å². The van der Waals surface area contributed by atoms with E-state index in [9.17, 15) is 9.59 Å². The summed E-state index contributed by atoms with van der Waals surface area (Å²) in [4.78, 5) is 24.8. The Morgan fingerprint density at radius 1 is 0.805 bits per heavy atom. The third-order valence-corrected chi connectivity index (χ3v) is 12.0. The summed E-state index contributed by atoms with van der Waals surface area (Å²) in [6.45, 7) is 12.0. The lowest BCUT2D eigenvalue weighted by Crippen LogP contribution is -2.68. The largest absolute Gasteiger partial charge is 0.534 e. The van der Waals surface area contributed by atoms with Crippen LogP contribution in [0.3, 0.4) is 0 Å². The van der Waals surface area contributed by atoms with Crippen LogP contribution >= 0.6 is 0 Å². The van der Waals surface area contributed by atoms with Crippen molar-refractivity contribution < 1.29 is 18.8 Å². The summed E-state index contributed by atoms with van der Waals surface area (Å²) >= 11 is 0. The fraction of sp³-hybridized carbons (Fsp3) is 0.294. The van der Waals surface area contributed by atoms with Gasteiger partial charge in [0.2, 0.25) is 5.91 Å². The Bertz CT molecular complexity index is 1470. The number of carbonyl (C=O) groups is 2. The van der Waals surface area contributed by atoms with Crippen LogP contribution in [0.2, 0.25) is 5.04 Å². The standard InChI is InChI=1S/C34H40N2O4Si/c1-33(2,3)39-32(38)36-30(31(35)37)22-25-15-13-14-24-20-21-26(23-29(24)25)40-41(34(4,5)6,27-16-9-7-10-17-27)28-18-11-8-12-19-28/h7-21,23,30H,22H2,1-6H3,(H2,35,37)(H,36,38)/t30-/m1/s1. The average Bonchev–Trinajstić information content (AvgIpc) is 2.90. The first-order chi connectivity index (χ1) is 19.3. The number of benzene rings is 4. The zero-order valence-electron chi connectivity index (χ0n) is 24.7. The maximum absolute atomic E-state index is 12.4. The first-order valence-corrected chi connectivity index (χ1v) is 15.8. The number of carbonyl (C=O) groups excluding carboxylic acids is 2. The van der Waals surface area contributed by atoms with E-state index in [4.69, 9.17) is 14.9 Å². The van der Waals surface area contributed by atoms with Gasteiger partial charge in [-0.25, -0.2) is 4.79 Å². The molecule has 7 heteroatoms. The molecule has 0 heterocycles. The van der Waals surface area contributed by atoms with Crippen molar-refractivity contribution in [1.82, 2.24) is 5.32 Å². The Balaban J connectivity index is 1.77. The molecule has 4 rings (SSSR count). The number of nitrogens with one attached hydrogen (secondary N) is 1. The SMILES string of the molecule is CC(C)(C)OC(=O)N[C@H](Cc1cccc2ccc(O[Si](c3ccccc3)(c3ccccc3)C(C)(C)C)cc12)C(N)=O. The number of nitrogens with two attached hydrogens (primary N) is 1. The topological polar surface area (TPSA) is 90.7 Å². The normalized spacial score (nSPS) is 12.9. The van der Waals surface area contributed by atoms with Gasteiger partial charge in [-0.15, -0.1) is 0 Å². The summed E-state index contributed by atoms with van der Waals surface area (Å²) in [6.07, 6.45) is -0.466. The van der Waals surface area contributed by atoms with Gasteiger partial charge in [-0.2, -0.15) is 0 Å². The summed E-state index contributed by atoms with van der Waals surface area (Å²) < 4.78 is 12.6. The van der Waals surface area contributed by atoms with Crippen LogP contribution in [-0.4, -0.2) is 32.0 Å². The van der Waals surface area contributed by atoms with E-state index in [-0.39, 0.29) is 11.5 Å². The second kappa shape index (κ2) is 11.8. The summed E-state index contributed by atoms with van der Waals surface area (Å²) in [5.41, 5.74) is 5.88. The molecule has 1 atom stereocenters. The number of fused-ring (bicyclic) bond motifs is 1. The maximum atomic E-state index is 12.4. The lowest BCUT2D eigenvalue weighted by atomic mass is 9.98. The van der Waals surface area contributed by atoms with Crippen LogP contribution in [0.15, 0.2) is 97.1 Å². The van der Waals surface area contributed by atoms with Crippen LogP contribution in [0, 0.1) is 0 Å². The van der Waals surface area contributed by atoms with Crippen LogP contribution in [0.5, 0.6) is 5.75 Å². The van der Waals surface area contributed by atoms with E-state index in [1.165, 1.54) is 10.4 Å². The quantitative estimate of drug-likeness (QED) is 0.267. The average molecular weight is 569 g/mol. The number of primary amides is 1. The number of hydrogen-bond donors (Lipinski definition) is 2. The highest BCUT2D eigenvalue weighted by atomic mass is 28.4. The van der Waals surface area contributed by atoms with Crippen molar-refractivity contribution in [2.24, 2.45) is 5.73 Å². The predicted octanol–water partition coefficient (Wildman–Crippen LogP) is 5.70. The second-order valence-corrected chi connectivity index (χ2v) is 16.6. The van der Waals surface area contributed by atoms with Gasteiger partial charge in [0, 0.05) is 6.42 Å². The zero-order chi connectivity index (χ0) is 29.8. The molecule has 0 unspecified atom stereocenters. The second-order valence-electron chi connectivity index (χ2n) is 12.4. The molecular formula is C34H40N2O4Si. The summed E-state index contributed by atoms with van der Waals surface area (Å²) in [6, 6.07) is 32.0. The Kier molecular flexibility index (Phi) is 8.59. The molecule has 0 aliphatic heterocycles. The molecule has 0 saturated heterocycles. The van der Waals surface area contributed by atoms with Crippen molar-refractivity contribution >= 4 is 41.5 Å². The maximum Gasteiger partial charge on any atom is 0.408 e. The van der Waals surface area contributed by atoms with Crippen LogP contribution in [0.1, 0.15) is 47.1 Å². The number of rotatable bonds is 8. The van der Waals surface area contributed by atoms with Crippen LogP contribution in [0.4, 0.5) is 4.79 Å². The third-order valence-electron chi connectivity index (χ3n) is 7.09. The van der Waals surface area contributed by atoms with Crippen LogP contribution in [0.25, 0.3) is 10.8 Å². The van der Waals surface area contributed by atoms with Gasteiger partial charge >= 0.3 is 14.4 Å². The van der Waals surface area contributed by atoms with Gasteiger partial charge < -0.3 is 20.2 Å². The lowest BCUT2D eigenvalue weighted by molar-refractivity contribution is -0.120. The Morgan fingerprint density at radius 2 is 1.39 bits per heavy atom. The van der Waals surface area contributed by atoms with E-state index < -0.39 is 32.0 Å². The van der Waals surface area contributed by atoms with Crippen molar-refractivity contribution in [3.8, 4) is 5.75 Å². The molecule has 4 aromatic carbocycles. The van der Waals surface area contributed by atoms with Gasteiger partial charge in [-0.3, -0.25) is 4.79 Å². The van der Waals surface area contributed by atoms with Gasteiger partial charge in [0.1, 0.15) is 17.4 Å². The Hall–Kier alpha value is -4.10. The van der Waals surface area contributed by atoms with E-state index in [0.717, 1.165) is 22.1 Å². The first kappa shape index (κ1) is 29.9. The predicted molar refractivity (Wildman–Crippen MR) is 168 cm³/mol. The van der Waals surface area contributed by atoms with Crippen molar-refractivity contribution in [3.05, 3.63) is 103 Å². The molecule has 0 saturated carbocycles. The fourth-order valence-electron chi connectivity index (χ4n) is 5.28. The summed E-state index contributed by atoms with van der Waals surface area (Å²) in [7, 11) is -2.84. The molecular weight excluding hydrogens is 528 g/mol. The van der Waals surface area contributed by atoms with Gasteiger partial charge in [-0.1, -0.05) is 106 Å². The van der Waals surface area contributed by atoms with Crippen molar-refractivity contribution in [2.75, 3.05) is 0 Å². The summed E-state index contributed by atoms with van der Waals surface area (Å²) in [5, 5.41) is 6.74. The van der Waals surface area contributed by atoms with Gasteiger partial charge in [0.05, 0.1) is 0 Å². The van der Waals surface area contributed by atoms with Gasteiger partial charge in [0.25, 0.3) is 0 Å². The number of hydrogen-bond acceptors (Lipinski definition) is 4.